The number of hydrogen-bond acceptors (Lipinski definition) is 4. The number of aliphatic carboxylic acids is 1. The van der Waals surface area contributed by atoms with E-state index < -0.39 is 16.8 Å². The number of nitro benzene ring substituents is 1. The minimum atomic E-state index is -0.899. The first-order valence-electron chi connectivity index (χ1n) is 7.06. The highest BCUT2D eigenvalue weighted by atomic mass is 16.6. The van der Waals surface area contributed by atoms with E-state index in [0.29, 0.717) is 24.1 Å². The molecule has 0 bridgehead atoms. The summed E-state index contributed by atoms with van der Waals surface area (Å²) in [4.78, 5) is 35.5. The van der Waals surface area contributed by atoms with Gasteiger partial charge in [0.2, 0.25) is 0 Å². The lowest BCUT2D eigenvalue weighted by atomic mass is 9.90. The van der Waals surface area contributed by atoms with Gasteiger partial charge >= 0.3 is 5.97 Å². The summed E-state index contributed by atoms with van der Waals surface area (Å²) in [5, 5.41) is 20.0. The van der Waals surface area contributed by atoms with E-state index in [1.165, 1.54) is 23.1 Å². The van der Waals surface area contributed by atoms with E-state index in [-0.39, 0.29) is 24.1 Å². The molecule has 1 amide bonds. The first kappa shape index (κ1) is 15.9. The first-order valence-corrected chi connectivity index (χ1v) is 7.06. The molecule has 7 nitrogen and oxygen atoms in total. The molecule has 7 heteroatoms. The average molecular weight is 306 g/mol. The topological polar surface area (TPSA) is 101 Å². The maximum atomic E-state index is 12.5. The molecule has 1 saturated heterocycles. The van der Waals surface area contributed by atoms with Crippen LogP contribution in [0, 0.1) is 28.9 Å². The second-order valence-corrected chi connectivity index (χ2v) is 5.84. The number of aryl methyl sites for hydroxylation is 1. The van der Waals surface area contributed by atoms with E-state index in [2.05, 4.69) is 0 Å². The standard InChI is InChI=1S/C15H18N2O5/c1-9-5-12(15(19)20)8-16(7-9)14(18)11-3-4-13(17(21)22)10(2)6-11/h3-4,6,9,12H,5,7-8H2,1-2H3,(H,19,20). The van der Waals surface area contributed by atoms with E-state index in [9.17, 15) is 19.7 Å². The Morgan fingerprint density at radius 2 is 2.05 bits per heavy atom. The molecule has 0 spiro atoms. The predicted molar refractivity (Wildman–Crippen MR) is 78.6 cm³/mol. The summed E-state index contributed by atoms with van der Waals surface area (Å²) < 4.78 is 0. The Morgan fingerprint density at radius 1 is 1.36 bits per heavy atom. The second kappa shape index (κ2) is 6.13. The maximum Gasteiger partial charge on any atom is 0.308 e. The smallest absolute Gasteiger partial charge is 0.308 e. The van der Waals surface area contributed by atoms with Gasteiger partial charge in [0.05, 0.1) is 10.8 Å². The highest BCUT2D eigenvalue weighted by Gasteiger charge is 2.32. The van der Waals surface area contributed by atoms with Crippen molar-refractivity contribution in [1.29, 1.82) is 0 Å². The fourth-order valence-corrected chi connectivity index (χ4v) is 2.87. The number of likely N-dealkylation sites (tertiary alicyclic amines) is 1. The minimum absolute atomic E-state index is 0.0352. The molecule has 1 aromatic rings. The summed E-state index contributed by atoms with van der Waals surface area (Å²) in [6, 6.07) is 4.21. The van der Waals surface area contributed by atoms with Crippen LogP contribution in [0.2, 0.25) is 0 Å². The van der Waals surface area contributed by atoms with Gasteiger partial charge in [0, 0.05) is 30.3 Å². The molecule has 2 unspecified atom stereocenters. The van der Waals surface area contributed by atoms with E-state index >= 15 is 0 Å². The number of carbonyl (C=O) groups excluding carboxylic acids is 1. The Labute approximate surface area is 127 Å². The molecule has 1 aliphatic rings. The molecule has 1 fully saturated rings. The zero-order valence-corrected chi connectivity index (χ0v) is 12.5. The number of carboxylic acid groups (broad SMARTS) is 1. The Morgan fingerprint density at radius 3 is 2.59 bits per heavy atom. The fraction of sp³-hybridized carbons (Fsp3) is 0.467. The highest BCUT2D eigenvalue weighted by Crippen LogP contribution is 2.25. The average Bonchev–Trinajstić information content (AvgIpc) is 2.45. The number of carbonyl (C=O) groups is 2. The third kappa shape index (κ3) is 3.24. The lowest BCUT2D eigenvalue weighted by Crippen LogP contribution is -2.45. The van der Waals surface area contributed by atoms with Gasteiger partial charge in [-0.2, -0.15) is 0 Å². The second-order valence-electron chi connectivity index (χ2n) is 5.84. The molecule has 22 heavy (non-hydrogen) atoms. The van der Waals surface area contributed by atoms with Crippen LogP contribution in [0.5, 0.6) is 0 Å². The summed E-state index contributed by atoms with van der Waals surface area (Å²) in [6.07, 6.45) is 0.554. The van der Waals surface area contributed by atoms with Crippen LogP contribution >= 0.6 is 0 Å². The molecule has 1 aromatic carbocycles. The third-order valence-corrected chi connectivity index (χ3v) is 3.94. The Balaban J connectivity index is 2.22. The van der Waals surface area contributed by atoms with Crippen LogP contribution < -0.4 is 0 Å². The van der Waals surface area contributed by atoms with Gasteiger partial charge < -0.3 is 10.0 Å². The van der Waals surface area contributed by atoms with Crippen LogP contribution in [0.4, 0.5) is 5.69 Å². The summed E-state index contributed by atoms with van der Waals surface area (Å²) in [7, 11) is 0. The predicted octanol–water partition coefficient (Wildman–Crippen LogP) is 2.09. The first-order chi connectivity index (χ1) is 10.3. The summed E-state index contributed by atoms with van der Waals surface area (Å²) in [6.45, 7) is 4.16. The van der Waals surface area contributed by atoms with Gasteiger partial charge in [-0.25, -0.2) is 0 Å². The van der Waals surface area contributed by atoms with Crippen molar-refractivity contribution in [3.63, 3.8) is 0 Å². The van der Waals surface area contributed by atoms with Gasteiger partial charge in [0.1, 0.15) is 0 Å². The van der Waals surface area contributed by atoms with Gasteiger partial charge in [-0.15, -0.1) is 0 Å². The summed E-state index contributed by atoms with van der Waals surface area (Å²) >= 11 is 0. The van der Waals surface area contributed by atoms with Crippen molar-refractivity contribution in [3.05, 3.63) is 39.4 Å². The molecular formula is C15H18N2O5. The molecule has 0 radical (unpaired) electrons. The largest absolute Gasteiger partial charge is 0.481 e. The molecule has 118 valence electrons. The molecule has 2 rings (SSSR count). The lowest BCUT2D eigenvalue weighted by molar-refractivity contribution is -0.385. The Bertz CT molecular complexity index is 628. The highest BCUT2D eigenvalue weighted by molar-refractivity contribution is 5.95. The molecule has 1 N–H and O–H groups in total. The van der Waals surface area contributed by atoms with Gasteiger partial charge in [-0.1, -0.05) is 6.92 Å². The van der Waals surface area contributed by atoms with E-state index in [1.807, 2.05) is 6.92 Å². The van der Waals surface area contributed by atoms with Crippen LogP contribution in [0.25, 0.3) is 0 Å². The quantitative estimate of drug-likeness (QED) is 0.680. The van der Waals surface area contributed by atoms with Crippen molar-refractivity contribution in [2.45, 2.75) is 20.3 Å². The molecular weight excluding hydrogens is 288 g/mol. The number of hydrogen-bond donors (Lipinski definition) is 1. The number of carboxylic acids is 1. The van der Waals surface area contributed by atoms with Gasteiger partial charge in [0.25, 0.3) is 11.6 Å². The van der Waals surface area contributed by atoms with E-state index in [4.69, 9.17) is 5.11 Å². The monoisotopic (exact) mass is 306 g/mol. The molecule has 2 atom stereocenters. The molecule has 1 aliphatic heterocycles. The van der Waals surface area contributed by atoms with Crippen molar-refractivity contribution in [2.24, 2.45) is 11.8 Å². The van der Waals surface area contributed by atoms with Crippen LogP contribution in [0.15, 0.2) is 18.2 Å². The van der Waals surface area contributed by atoms with Crippen molar-refractivity contribution < 1.29 is 19.6 Å². The van der Waals surface area contributed by atoms with Crippen LogP contribution in [0.1, 0.15) is 29.3 Å². The number of rotatable bonds is 3. The van der Waals surface area contributed by atoms with Gasteiger partial charge in [-0.3, -0.25) is 19.7 Å². The molecule has 0 saturated carbocycles. The Kier molecular flexibility index (Phi) is 4.44. The van der Waals surface area contributed by atoms with Crippen molar-refractivity contribution >= 4 is 17.6 Å². The zero-order valence-electron chi connectivity index (χ0n) is 12.5. The normalized spacial score (nSPS) is 21.5. The van der Waals surface area contributed by atoms with Gasteiger partial charge in [0.15, 0.2) is 0 Å². The van der Waals surface area contributed by atoms with Crippen molar-refractivity contribution in [3.8, 4) is 0 Å². The maximum absolute atomic E-state index is 12.5. The SMILES string of the molecule is Cc1cc(C(=O)N2CC(C)CC(C(=O)O)C2)ccc1[N+](=O)[O-]. The number of nitrogens with zero attached hydrogens (tertiary/aromatic N) is 2. The summed E-state index contributed by atoms with van der Waals surface area (Å²) in [5.41, 5.74) is 0.726. The van der Waals surface area contributed by atoms with Crippen LogP contribution in [-0.2, 0) is 4.79 Å². The Hall–Kier alpha value is -2.44. The number of nitro groups is 1. The molecule has 0 aliphatic carbocycles. The third-order valence-electron chi connectivity index (χ3n) is 3.94. The van der Waals surface area contributed by atoms with Gasteiger partial charge in [-0.05, 0) is 31.4 Å². The van der Waals surface area contributed by atoms with Crippen LogP contribution in [0.3, 0.4) is 0 Å². The number of benzene rings is 1. The fourth-order valence-electron chi connectivity index (χ4n) is 2.87. The molecule has 1 heterocycles. The van der Waals surface area contributed by atoms with Crippen molar-refractivity contribution in [2.75, 3.05) is 13.1 Å². The lowest BCUT2D eigenvalue weighted by Gasteiger charge is -2.34. The zero-order chi connectivity index (χ0) is 16.4. The summed E-state index contributed by atoms with van der Waals surface area (Å²) in [5.74, 6) is -1.63. The van der Waals surface area contributed by atoms with Crippen LogP contribution in [-0.4, -0.2) is 39.9 Å². The van der Waals surface area contributed by atoms with E-state index in [1.54, 1.807) is 6.92 Å². The van der Waals surface area contributed by atoms with Crippen molar-refractivity contribution in [1.82, 2.24) is 4.90 Å². The minimum Gasteiger partial charge on any atom is -0.481 e. The molecule has 0 aromatic heterocycles. The van der Waals surface area contributed by atoms with E-state index in [0.717, 1.165) is 0 Å². The number of amides is 1. The number of piperidine rings is 1.